The molecule has 0 spiro atoms. The standard InChI is InChI=1S/C11H14N2.2C9H7N.C8H6N2.C5H5N.2C4H4N2.6C4H10.7C2H6/c1-8(2)11-12-9-6-4-5-7-10(9)13(11)3;1-2-6-9-8(4-1)5-3-7-10-9;1-2-4-9-7-10-6-5-8(9)3-1;1-2-4-8-7(3-1)5-9-6-10-8;1-2-4-6-5-3-1;1-2-6-4-3-5-1;1-2-5-4-6-3-1;6*1-4(2)3;7*1-2/h4-8H,1-3H3;2*1-7H;1-6H;1-5H;2*1-4H;6*4H,1-3H3;7*1-2H3. The minimum Gasteiger partial charge on any atom is -0.331 e. The van der Waals surface area contributed by atoms with Crippen LogP contribution in [0.1, 0.15) is 247 Å². The molecule has 11 aromatic rings. The molecule has 11 nitrogen and oxygen atoms in total. The maximum atomic E-state index is 4.57. The van der Waals surface area contributed by atoms with Crippen molar-refractivity contribution in [2.24, 2.45) is 42.6 Å². The van der Waals surface area contributed by atoms with Crippen molar-refractivity contribution in [2.75, 3.05) is 0 Å². The number of aromatic nitrogens is 11. The molecule has 11 rings (SSSR count). The van der Waals surface area contributed by atoms with Crippen LogP contribution in [0.3, 0.4) is 0 Å². The van der Waals surface area contributed by atoms with Crippen molar-refractivity contribution in [3.63, 3.8) is 0 Å². The molecule has 0 N–H and O–H groups in total. The van der Waals surface area contributed by atoms with E-state index in [1.54, 1.807) is 62.0 Å². The molecule has 7 heterocycles. The van der Waals surface area contributed by atoms with Crippen LogP contribution >= 0.6 is 0 Å². The molecule has 556 valence electrons. The normalized spacial score (nSPS) is 8.59. The van der Waals surface area contributed by atoms with Gasteiger partial charge in [0.2, 0.25) is 0 Å². The smallest absolute Gasteiger partial charge is 0.116 e. The molecule has 0 fully saturated rings. The third-order valence-electron chi connectivity index (χ3n) is 8.34. The molecule has 0 bridgehead atoms. The lowest BCUT2D eigenvalue weighted by Gasteiger charge is -2.04. The van der Waals surface area contributed by atoms with Crippen molar-refractivity contribution in [2.45, 2.75) is 241 Å². The number of aryl methyl sites for hydroxylation is 1. The molecule has 11 heteroatoms. The Labute approximate surface area is 611 Å². The van der Waals surface area contributed by atoms with Gasteiger partial charge in [-0.25, -0.2) is 24.9 Å². The van der Waals surface area contributed by atoms with Crippen LogP contribution in [0.2, 0.25) is 0 Å². The van der Waals surface area contributed by atoms with Gasteiger partial charge in [-0.05, 0) is 101 Å². The second kappa shape index (κ2) is 87.8. The monoisotopic (exact) mass is 1360 g/mol. The first kappa shape index (κ1) is 109. The van der Waals surface area contributed by atoms with Gasteiger partial charge < -0.3 is 4.57 Å². The number of pyridine rings is 3. The lowest BCUT2D eigenvalue weighted by molar-refractivity contribution is 0.722. The van der Waals surface area contributed by atoms with Gasteiger partial charge in [0, 0.05) is 98.1 Å². The summed E-state index contributed by atoms with van der Waals surface area (Å²) in [6, 6.07) is 45.9. The van der Waals surface area contributed by atoms with Crippen molar-refractivity contribution < 1.29 is 0 Å². The van der Waals surface area contributed by atoms with E-state index in [0.717, 1.165) is 63.3 Å². The van der Waals surface area contributed by atoms with Crippen LogP contribution in [-0.4, -0.2) is 54.4 Å². The predicted molar refractivity (Wildman–Crippen MR) is 449 cm³/mol. The minimum absolute atomic E-state index is 0.484. The van der Waals surface area contributed by atoms with Gasteiger partial charge in [0.1, 0.15) is 18.5 Å². The van der Waals surface area contributed by atoms with E-state index in [4.69, 9.17) is 0 Å². The van der Waals surface area contributed by atoms with E-state index >= 15 is 0 Å². The van der Waals surface area contributed by atoms with Gasteiger partial charge in [-0.1, -0.05) is 320 Å². The zero-order valence-corrected chi connectivity index (χ0v) is 69.8. The molecule has 0 aliphatic carbocycles. The first-order valence-electron chi connectivity index (χ1n) is 36.9. The Balaban J connectivity index is -0.000000127. The summed E-state index contributed by atoms with van der Waals surface area (Å²) >= 11 is 0. The molecule has 0 saturated carbocycles. The molecular weight excluding hydrogens is 1210 g/mol. The Kier molecular flexibility index (Phi) is 97.1. The topological polar surface area (TPSA) is 134 Å². The fourth-order valence-electron chi connectivity index (χ4n) is 5.47. The number of nitrogens with zero attached hydrogens (tertiary/aromatic N) is 11. The maximum absolute atomic E-state index is 4.57. The van der Waals surface area contributed by atoms with Crippen molar-refractivity contribution in [1.82, 2.24) is 54.4 Å². The third kappa shape index (κ3) is 84.0. The van der Waals surface area contributed by atoms with E-state index in [1.165, 1.54) is 28.0 Å². The average Bonchev–Trinajstić information content (AvgIpc) is 1.67. The summed E-state index contributed by atoms with van der Waals surface area (Å²) in [5.41, 5.74) is 4.36. The van der Waals surface area contributed by atoms with Gasteiger partial charge in [-0.3, -0.25) is 24.9 Å². The van der Waals surface area contributed by atoms with Crippen LogP contribution in [0.15, 0.2) is 227 Å². The molecule has 0 unspecified atom stereocenters. The van der Waals surface area contributed by atoms with E-state index in [0.29, 0.717) is 5.92 Å². The number of para-hydroxylation sites is 4. The van der Waals surface area contributed by atoms with E-state index < -0.39 is 0 Å². The number of hydrogen-bond donors (Lipinski definition) is 0. The fourth-order valence-corrected chi connectivity index (χ4v) is 5.47. The molecule has 0 atom stereocenters. The Hall–Kier alpha value is -8.18. The largest absolute Gasteiger partial charge is 0.331 e. The van der Waals surface area contributed by atoms with Crippen molar-refractivity contribution in [3.8, 4) is 0 Å². The fraction of sp³-hybridized carbons (Fsp3) is 0.477. The summed E-state index contributed by atoms with van der Waals surface area (Å²) in [5.74, 6) is 6.64. The van der Waals surface area contributed by atoms with Gasteiger partial charge in [0.25, 0.3) is 0 Å². The van der Waals surface area contributed by atoms with Gasteiger partial charge >= 0.3 is 0 Å². The van der Waals surface area contributed by atoms with E-state index in [-0.39, 0.29) is 0 Å². The van der Waals surface area contributed by atoms with Crippen LogP contribution in [-0.2, 0) is 7.05 Å². The van der Waals surface area contributed by atoms with Gasteiger partial charge in [-0.15, -0.1) is 0 Å². The summed E-state index contributed by atoms with van der Waals surface area (Å²) in [4.78, 5) is 39.3. The van der Waals surface area contributed by atoms with E-state index in [9.17, 15) is 0 Å². The molecular formula is C88H149N11. The Morgan fingerprint density at radius 3 is 0.899 bits per heavy atom. The van der Waals surface area contributed by atoms with Crippen LogP contribution in [0.25, 0.3) is 43.6 Å². The van der Waals surface area contributed by atoms with Crippen LogP contribution in [0, 0.1) is 35.5 Å². The Morgan fingerprint density at radius 2 is 0.576 bits per heavy atom. The maximum Gasteiger partial charge on any atom is 0.116 e. The highest BCUT2D eigenvalue weighted by molar-refractivity contribution is 5.81. The summed E-state index contributed by atoms with van der Waals surface area (Å²) < 4.78 is 2.17. The molecule has 0 aliphatic heterocycles. The third-order valence-corrected chi connectivity index (χ3v) is 8.34. The Bertz CT molecular complexity index is 2560. The van der Waals surface area contributed by atoms with Crippen LogP contribution < -0.4 is 0 Å². The number of hydrogen-bond acceptors (Lipinski definition) is 10. The average molecular weight is 1360 g/mol. The van der Waals surface area contributed by atoms with Crippen LogP contribution in [0.5, 0.6) is 0 Å². The lowest BCUT2D eigenvalue weighted by atomic mass is 10.2. The van der Waals surface area contributed by atoms with Crippen molar-refractivity contribution in [3.05, 3.63) is 232 Å². The Morgan fingerprint density at radius 1 is 0.242 bits per heavy atom. The van der Waals surface area contributed by atoms with Gasteiger partial charge in [0.05, 0.1) is 22.1 Å². The SMILES string of the molecule is CC.CC.CC.CC.CC.CC.CC.CC(C)C.CC(C)C.CC(C)C.CC(C)C.CC(C)C.CC(C)C.CC(C)c1nc2ccccc2n1C.c1ccc2cnccc2c1.c1ccc2ncccc2c1.c1ccc2ncncc2c1.c1ccncc1.c1cnccn1.c1cncnc1. The first-order valence-corrected chi connectivity index (χ1v) is 36.9. The number of fused-ring (bicyclic) bond motifs is 4. The highest BCUT2D eigenvalue weighted by atomic mass is 15.1. The summed E-state index contributed by atoms with van der Waals surface area (Å²) in [6.07, 6.45) is 23.8. The second-order valence-electron chi connectivity index (χ2n) is 23.4. The molecule has 0 saturated heterocycles. The molecule has 99 heavy (non-hydrogen) atoms. The van der Waals surface area contributed by atoms with Crippen molar-refractivity contribution >= 4 is 43.6 Å². The highest BCUT2D eigenvalue weighted by Gasteiger charge is 2.09. The van der Waals surface area contributed by atoms with E-state index in [1.807, 2.05) is 219 Å². The molecule has 7 aromatic heterocycles. The highest BCUT2D eigenvalue weighted by Crippen LogP contribution is 2.20. The summed E-state index contributed by atoms with van der Waals surface area (Å²) in [5, 5.41) is 4.73. The summed E-state index contributed by atoms with van der Waals surface area (Å²) in [6.45, 7) is 71.3. The number of rotatable bonds is 1. The zero-order chi connectivity index (χ0) is 78.0. The minimum atomic E-state index is 0.484. The van der Waals surface area contributed by atoms with Gasteiger partial charge in [0.15, 0.2) is 0 Å². The van der Waals surface area contributed by atoms with E-state index in [2.05, 4.69) is 236 Å². The number of benzene rings is 4. The molecule has 4 aromatic carbocycles. The number of imidazole rings is 1. The van der Waals surface area contributed by atoms with Gasteiger partial charge in [-0.2, -0.15) is 0 Å². The summed E-state index contributed by atoms with van der Waals surface area (Å²) in [7, 11) is 2.07. The molecule has 0 aliphatic rings. The molecule has 0 radical (unpaired) electrons. The lowest BCUT2D eigenvalue weighted by Crippen LogP contribution is -1.99. The second-order valence-corrected chi connectivity index (χ2v) is 23.4. The zero-order valence-electron chi connectivity index (χ0n) is 69.8. The molecule has 0 amide bonds. The predicted octanol–water partition coefficient (Wildman–Crippen LogP) is 28.0. The first-order chi connectivity index (χ1) is 47.5. The van der Waals surface area contributed by atoms with Crippen molar-refractivity contribution in [1.29, 1.82) is 0 Å². The van der Waals surface area contributed by atoms with Crippen LogP contribution in [0.4, 0.5) is 0 Å². The quantitative estimate of drug-likeness (QED) is 0.156.